The summed E-state index contributed by atoms with van der Waals surface area (Å²) in [6.07, 6.45) is 1.09. The molecule has 0 saturated heterocycles. The van der Waals surface area contributed by atoms with Crippen LogP contribution in [0.5, 0.6) is 17.2 Å². The second kappa shape index (κ2) is 12.6. The van der Waals surface area contributed by atoms with Gasteiger partial charge in [-0.3, -0.25) is 0 Å². The highest BCUT2D eigenvalue weighted by Gasteiger charge is 2.65. The van der Waals surface area contributed by atoms with E-state index in [9.17, 15) is 29.0 Å². The predicted octanol–water partition coefficient (Wildman–Crippen LogP) is 7.57. The molecule has 0 bridgehead atoms. The van der Waals surface area contributed by atoms with Crippen LogP contribution in [-0.2, 0) is 10.3 Å². The first kappa shape index (κ1) is 30.5. The number of nitrogens with zero attached hydrogens (tertiary/aromatic N) is 3. The van der Waals surface area contributed by atoms with Crippen molar-refractivity contribution in [2.45, 2.75) is 11.8 Å². The predicted molar refractivity (Wildman–Crippen MR) is 155 cm³/mol. The number of benzene rings is 2. The van der Waals surface area contributed by atoms with E-state index in [0.717, 1.165) is 11.0 Å². The number of halogens is 3. The van der Waals surface area contributed by atoms with Crippen LogP contribution >= 0.6 is 11.3 Å². The molecule has 4 rings (SSSR count). The Balaban J connectivity index is 1.80. The minimum Gasteiger partial charge on any atom is -0.496 e. The lowest BCUT2D eigenvalue weighted by molar-refractivity contribution is -0.249. The second-order valence-electron chi connectivity index (χ2n) is 8.83. The third-order valence-corrected chi connectivity index (χ3v) is 7.52. The Bertz CT molecular complexity index is 1740. The van der Waals surface area contributed by atoms with Crippen molar-refractivity contribution in [1.82, 2.24) is 0 Å². The molecule has 2 aromatic carbocycles. The molecule has 43 heavy (non-hydrogen) atoms. The van der Waals surface area contributed by atoms with Gasteiger partial charge in [-0.05, 0) is 30.4 Å². The summed E-state index contributed by atoms with van der Waals surface area (Å²) >= 11 is 1.27. The van der Waals surface area contributed by atoms with E-state index in [1.807, 2.05) is 0 Å². The van der Waals surface area contributed by atoms with Gasteiger partial charge in [-0.2, -0.15) is 29.0 Å². The molecule has 0 spiro atoms. The van der Waals surface area contributed by atoms with Gasteiger partial charge in [-0.25, -0.2) is 0 Å². The number of thiophene rings is 1. The Hall–Kier alpha value is -5.44. The fourth-order valence-corrected chi connectivity index (χ4v) is 5.33. The van der Waals surface area contributed by atoms with E-state index in [2.05, 4.69) is 0 Å². The van der Waals surface area contributed by atoms with Crippen molar-refractivity contribution < 1.29 is 32.1 Å². The van der Waals surface area contributed by atoms with Gasteiger partial charge in [0, 0.05) is 33.0 Å². The van der Waals surface area contributed by atoms with Crippen LogP contribution in [0.25, 0.3) is 18.2 Å². The second-order valence-corrected chi connectivity index (χ2v) is 9.97. The Kier molecular flexibility index (Phi) is 8.95. The van der Waals surface area contributed by atoms with Crippen LogP contribution in [0.15, 0.2) is 83.2 Å². The molecule has 1 aliphatic heterocycles. The zero-order valence-electron chi connectivity index (χ0n) is 23.0. The minimum absolute atomic E-state index is 0.308. The summed E-state index contributed by atoms with van der Waals surface area (Å²) in [6, 6.07) is 18.5. The molecule has 0 radical (unpaired) electrons. The average Bonchev–Trinajstić information content (AvgIpc) is 3.62. The van der Waals surface area contributed by atoms with Gasteiger partial charge < -0.3 is 18.9 Å². The van der Waals surface area contributed by atoms with Crippen LogP contribution in [-0.4, -0.2) is 27.5 Å². The zero-order valence-corrected chi connectivity index (χ0v) is 23.8. The summed E-state index contributed by atoms with van der Waals surface area (Å²) < 4.78 is 66.5. The minimum atomic E-state index is -5.06. The topological polar surface area (TPSA) is 108 Å². The maximum Gasteiger partial charge on any atom is 0.437 e. The van der Waals surface area contributed by atoms with Crippen LogP contribution in [0.1, 0.15) is 20.9 Å². The summed E-state index contributed by atoms with van der Waals surface area (Å²) in [4.78, 5) is 1.33. The number of hydrogen-bond donors (Lipinski definition) is 0. The van der Waals surface area contributed by atoms with Crippen LogP contribution in [0.4, 0.5) is 13.2 Å². The smallest absolute Gasteiger partial charge is 0.437 e. The monoisotopic (exact) mass is 601 g/mol. The fraction of sp³-hybridized carbons (Fsp3) is 0.156. The van der Waals surface area contributed by atoms with Gasteiger partial charge in [0.2, 0.25) is 0 Å². The lowest BCUT2D eigenvalue weighted by Gasteiger charge is -2.33. The molecule has 7 nitrogen and oxygen atoms in total. The molecule has 2 heterocycles. The molecule has 0 saturated carbocycles. The third kappa shape index (κ3) is 5.70. The van der Waals surface area contributed by atoms with Crippen molar-refractivity contribution in [3.8, 4) is 35.5 Å². The fourth-order valence-electron chi connectivity index (χ4n) is 4.51. The normalized spacial score (nSPS) is 16.5. The zero-order chi connectivity index (χ0) is 31.2. The Morgan fingerprint density at radius 2 is 1.42 bits per heavy atom. The van der Waals surface area contributed by atoms with E-state index in [4.69, 9.17) is 18.9 Å². The summed E-state index contributed by atoms with van der Waals surface area (Å²) in [6.45, 7) is 0. The molecule has 0 aliphatic carbocycles. The maximum atomic E-state index is 14.9. The summed E-state index contributed by atoms with van der Waals surface area (Å²) in [5.41, 5.74) is -4.59. The van der Waals surface area contributed by atoms with E-state index < -0.39 is 34.3 Å². The summed E-state index contributed by atoms with van der Waals surface area (Å²) in [5.74, 6) is 0.870. The molecule has 1 unspecified atom stereocenters. The molecule has 1 atom stereocenters. The van der Waals surface area contributed by atoms with E-state index in [1.54, 1.807) is 42.5 Å². The lowest BCUT2D eigenvalue weighted by Crippen LogP contribution is -2.43. The van der Waals surface area contributed by atoms with E-state index in [-0.39, 0.29) is 5.56 Å². The van der Waals surface area contributed by atoms with Crippen molar-refractivity contribution >= 4 is 29.6 Å². The molecule has 3 aromatic rings. The molecule has 216 valence electrons. The molecular formula is C32H22F3N3O4S. The first-order chi connectivity index (χ1) is 20.7. The molecule has 11 heteroatoms. The lowest BCUT2D eigenvalue weighted by atomic mass is 9.84. The number of hydrogen-bond acceptors (Lipinski definition) is 8. The first-order valence-corrected chi connectivity index (χ1v) is 13.3. The highest BCUT2D eigenvalue weighted by atomic mass is 32.1. The summed E-state index contributed by atoms with van der Waals surface area (Å²) in [5, 5.41) is 28.7. The highest BCUT2D eigenvalue weighted by molar-refractivity contribution is 7.13. The standard InChI is InChI=1S/C32H22F3N3O4S/c1-39-22-15-28(40-2)25(29(16-22)41-3)13-11-23-9-10-24(43-23)12-14-27-26(19-38)30(20(17-36)18-37)42-31(27,32(33,34)35)21-7-5-4-6-8-21/h4-16H,1-3H3. The number of rotatable bonds is 8. The van der Waals surface area contributed by atoms with Crippen LogP contribution < -0.4 is 14.2 Å². The summed E-state index contributed by atoms with van der Waals surface area (Å²) in [7, 11) is 4.56. The number of allylic oxidation sites excluding steroid dienone is 2. The molecule has 0 fully saturated rings. The van der Waals surface area contributed by atoms with Gasteiger partial charge in [0.25, 0.3) is 5.60 Å². The van der Waals surface area contributed by atoms with Crippen molar-refractivity contribution in [2.24, 2.45) is 0 Å². The van der Waals surface area contributed by atoms with E-state index >= 15 is 0 Å². The highest BCUT2D eigenvalue weighted by Crippen LogP contribution is 2.56. The Morgan fingerprint density at radius 1 is 0.837 bits per heavy atom. The molecule has 1 aliphatic rings. The average molecular weight is 602 g/mol. The van der Waals surface area contributed by atoms with Gasteiger partial charge in [-0.1, -0.05) is 36.4 Å². The van der Waals surface area contributed by atoms with Crippen molar-refractivity contribution in [3.05, 3.63) is 104 Å². The number of nitriles is 3. The quantitative estimate of drug-likeness (QED) is 0.245. The first-order valence-electron chi connectivity index (χ1n) is 12.4. The third-order valence-electron chi connectivity index (χ3n) is 6.50. The van der Waals surface area contributed by atoms with Gasteiger partial charge >= 0.3 is 6.18 Å². The van der Waals surface area contributed by atoms with Crippen LogP contribution in [0, 0.1) is 34.0 Å². The SMILES string of the molecule is COc1cc(OC)c(C=Cc2ccc(C=CC3=C(C#N)C(=C(C#N)C#N)OC3(c3ccccc3)C(F)(F)F)s2)c(OC)c1. The molecule has 0 amide bonds. The molecule has 0 N–H and O–H groups in total. The van der Waals surface area contributed by atoms with Gasteiger partial charge in [0.1, 0.15) is 41.0 Å². The molecular weight excluding hydrogens is 579 g/mol. The van der Waals surface area contributed by atoms with Crippen molar-refractivity contribution in [1.29, 1.82) is 15.8 Å². The number of alkyl halides is 3. The van der Waals surface area contributed by atoms with Gasteiger partial charge in [-0.15, -0.1) is 11.3 Å². The van der Waals surface area contributed by atoms with Gasteiger partial charge in [0.05, 0.1) is 26.9 Å². The van der Waals surface area contributed by atoms with Crippen molar-refractivity contribution in [2.75, 3.05) is 21.3 Å². The van der Waals surface area contributed by atoms with Gasteiger partial charge in [0.15, 0.2) is 11.3 Å². The Morgan fingerprint density at radius 3 is 1.91 bits per heavy atom. The Labute approximate surface area is 249 Å². The van der Waals surface area contributed by atoms with Crippen LogP contribution in [0.2, 0.25) is 0 Å². The van der Waals surface area contributed by atoms with Crippen molar-refractivity contribution in [3.63, 3.8) is 0 Å². The number of methoxy groups -OCH3 is 3. The number of ether oxygens (including phenoxy) is 4. The van der Waals surface area contributed by atoms with E-state index in [1.165, 1.54) is 81.2 Å². The maximum absolute atomic E-state index is 14.9. The largest absolute Gasteiger partial charge is 0.496 e. The van der Waals surface area contributed by atoms with Crippen LogP contribution in [0.3, 0.4) is 0 Å². The van der Waals surface area contributed by atoms with E-state index in [0.29, 0.717) is 27.7 Å². The molecule has 1 aromatic heterocycles.